The lowest BCUT2D eigenvalue weighted by Gasteiger charge is -2.11. The van der Waals surface area contributed by atoms with Gasteiger partial charge in [0, 0.05) is 17.1 Å². The Morgan fingerprint density at radius 1 is 0.966 bits per heavy atom. The summed E-state index contributed by atoms with van der Waals surface area (Å²) < 4.78 is 7.21. The average molecular weight is 411 g/mol. The number of carbonyl (C=O) groups is 2. The number of halogens is 1. The molecule has 5 nitrogen and oxygen atoms in total. The molecule has 0 atom stereocenters. The summed E-state index contributed by atoms with van der Waals surface area (Å²) in [7, 11) is 0. The minimum absolute atomic E-state index is 0.392. The molecule has 150 valence electrons. The van der Waals surface area contributed by atoms with Gasteiger partial charge >= 0.3 is 5.97 Å². The highest BCUT2D eigenvalue weighted by molar-refractivity contribution is 6.33. The van der Waals surface area contributed by atoms with Crippen molar-refractivity contribution in [2.45, 2.75) is 27.7 Å². The van der Waals surface area contributed by atoms with Crippen LogP contribution in [0.1, 0.15) is 32.9 Å². The zero-order valence-corrected chi connectivity index (χ0v) is 17.6. The third kappa shape index (κ3) is 4.69. The Morgan fingerprint density at radius 2 is 1.62 bits per heavy atom. The summed E-state index contributed by atoms with van der Waals surface area (Å²) >= 11 is 6.12. The largest absolute Gasteiger partial charge is 0.452 e. The quantitative estimate of drug-likeness (QED) is 0.591. The van der Waals surface area contributed by atoms with E-state index < -0.39 is 18.5 Å². The number of benzene rings is 2. The molecule has 1 aromatic heterocycles. The molecule has 0 saturated heterocycles. The van der Waals surface area contributed by atoms with Crippen molar-refractivity contribution in [3.63, 3.8) is 0 Å². The first-order valence-electron chi connectivity index (χ1n) is 9.25. The van der Waals surface area contributed by atoms with E-state index in [2.05, 4.69) is 5.32 Å². The zero-order chi connectivity index (χ0) is 21.1. The number of hydrogen-bond donors (Lipinski definition) is 1. The number of hydrogen-bond acceptors (Lipinski definition) is 3. The first-order chi connectivity index (χ1) is 13.8. The number of rotatable bonds is 5. The van der Waals surface area contributed by atoms with Crippen LogP contribution < -0.4 is 5.32 Å². The number of amides is 1. The van der Waals surface area contributed by atoms with E-state index in [1.807, 2.05) is 62.6 Å². The third-order valence-corrected chi connectivity index (χ3v) is 4.99. The molecule has 2 aromatic carbocycles. The Hall–Kier alpha value is -3.05. The van der Waals surface area contributed by atoms with E-state index in [4.69, 9.17) is 16.3 Å². The van der Waals surface area contributed by atoms with Crippen LogP contribution in [0.25, 0.3) is 5.69 Å². The predicted molar refractivity (Wildman–Crippen MR) is 115 cm³/mol. The van der Waals surface area contributed by atoms with Gasteiger partial charge < -0.3 is 14.6 Å². The normalized spacial score (nSPS) is 10.7. The van der Waals surface area contributed by atoms with Crippen molar-refractivity contribution in [2.24, 2.45) is 0 Å². The zero-order valence-electron chi connectivity index (χ0n) is 16.9. The molecule has 0 radical (unpaired) electrons. The van der Waals surface area contributed by atoms with Gasteiger partial charge in [0.15, 0.2) is 6.61 Å². The SMILES string of the molecule is Cc1ccc(-n2c(C)cc(C(=O)OCC(=O)Nc3ccc(C)cc3Cl)c2C)cc1. The molecule has 0 bridgehead atoms. The minimum atomic E-state index is -0.540. The third-order valence-electron chi connectivity index (χ3n) is 4.68. The molecule has 3 rings (SSSR count). The van der Waals surface area contributed by atoms with E-state index >= 15 is 0 Å². The minimum Gasteiger partial charge on any atom is -0.452 e. The van der Waals surface area contributed by atoms with Gasteiger partial charge in [-0.15, -0.1) is 0 Å². The molecule has 0 fully saturated rings. The molecule has 0 aliphatic rings. The van der Waals surface area contributed by atoms with Gasteiger partial charge in [-0.05, 0) is 63.6 Å². The number of anilines is 1. The Bertz CT molecular complexity index is 1070. The van der Waals surface area contributed by atoms with E-state index in [-0.39, 0.29) is 0 Å². The van der Waals surface area contributed by atoms with Crippen LogP contribution in [0.2, 0.25) is 5.02 Å². The van der Waals surface area contributed by atoms with E-state index in [0.717, 1.165) is 28.2 Å². The number of ether oxygens (including phenoxy) is 1. The van der Waals surface area contributed by atoms with Crippen molar-refractivity contribution in [2.75, 3.05) is 11.9 Å². The maximum absolute atomic E-state index is 12.5. The van der Waals surface area contributed by atoms with Gasteiger partial charge in [0.2, 0.25) is 0 Å². The maximum atomic E-state index is 12.5. The van der Waals surface area contributed by atoms with Crippen LogP contribution in [0, 0.1) is 27.7 Å². The summed E-state index contributed by atoms with van der Waals surface area (Å²) in [6, 6.07) is 15.1. The van der Waals surface area contributed by atoms with Gasteiger partial charge in [-0.25, -0.2) is 4.79 Å². The van der Waals surface area contributed by atoms with Crippen molar-refractivity contribution >= 4 is 29.2 Å². The van der Waals surface area contributed by atoms with Gasteiger partial charge in [0.05, 0.1) is 16.3 Å². The van der Waals surface area contributed by atoms with Crippen molar-refractivity contribution in [3.05, 3.63) is 81.6 Å². The second kappa shape index (κ2) is 8.53. The number of nitrogens with one attached hydrogen (secondary N) is 1. The number of aryl methyl sites for hydroxylation is 3. The Labute approximate surface area is 175 Å². The second-order valence-corrected chi connectivity index (χ2v) is 7.47. The number of aromatic nitrogens is 1. The smallest absolute Gasteiger partial charge is 0.340 e. The molecule has 0 spiro atoms. The summed E-state index contributed by atoms with van der Waals surface area (Å²) in [5.41, 5.74) is 5.71. The fourth-order valence-electron chi connectivity index (χ4n) is 3.18. The molecular formula is C23H23ClN2O3. The van der Waals surface area contributed by atoms with Crippen LogP contribution in [-0.4, -0.2) is 23.1 Å². The predicted octanol–water partition coefficient (Wildman–Crippen LogP) is 5.16. The molecule has 29 heavy (non-hydrogen) atoms. The molecule has 0 saturated carbocycles. The molecule has 1 amide bonds. The van der Waals surface area contributed by atoms with Gasteiger partial charge in [-0.1, -0.05) is 35.4 Å². The summed E-state index contributed by atoms with van der Waals surface area (Å²) in [6.07, 6.45) is 0. The fraction of sp³-hybridized carbons (Fsp3) is 0.217. The van der Waals surface area contributed by atoms with Crippen molar-refractivity contribution < 1.29 is 14.3 Å². The van der Waals surface area contributed by atoms with Gasteiger partial charge in [-0.2, -0.15) is 0 Å². The first kappa shape index (κ1) is 20.7. The van der Waals surface area contributed by atoms with Crippen LogP contribution in [0.3, 0.4) is 0 Å². The van der Waals surface area contributed by atoms with Gasteiger partial charge in [-0.3, -0.25) is 4.79 Å². The summed E-state index contributed by atoms with van der Waals surface area (Å²) in [5, 5.41) is 3.09. The molecule has 3 aromatic rings. The molecule has 0 aliphatic heterocycles. The number of esters is 1. The van der Waals surface area contributed by atoms with Crippen LogP contribution in [0.5, 0.6) is 0 Å². The van der Waals surface area contributed by atoms with Crippen LogP contribution in [0.4, 0.5) is 5.69 Å². The Balaban J connectivity index is 1.69. The van der Waals surface area contributed by atoms with Crippen molar-refractivity contribution in [1.29, 1.82) is 0 Å². The monoisotopic (exact) mass is 410 g/mol. The molecule has 6 heteroatoms. The van der Waals surface area contributed by atoms with E-state index in [0.29, 0.717) is 16.3 Å². The standard InChI is InChI=1S/C23H23ClN2O3/c1-14-5-8-18(9-6-14)26-16(3)12-19(17(26)4)23(28)29-13-22(27)25-21-10-7-15(2)11-20(21)24/h5-12H,13H2,1-4H3,(H,25,27). The fourth-order valence-corrected chi connectivity index (χ4v) is 3.46. The van der Waals surface area contributed by atoms with Crippen molar-refractivity contribution in [1.82, 2.24) is 4.57 Å². The average Bonchev–Trinajstić information content (AvgIpc) is 2.97. The summed E-state index contributed by atoms with van der Waals surface area (Å²) in [5.74, 6) is -0.988. The summed E-state index contributed by atoms with van der Waals surface area (Å²) in [4.78, 5) is 24.7. The van der Waals surface area contributed by atoms with Gasteiger partial charge in [0.25, 0.3) is 5.91 Å². The summed E-state index contributed by atoms with van der Waals surface area (Å²) in [6.45, 7) is 7.33. The highest BCUT2D eigenvalue weighted by Gasteiger charge is 2.19. The second-order valence-electron chi connectivity index (χ2n) is 7.06. The van der Waals surface area contributed by atoms with Crippen LogP contribution in [0.15, 0.2) is 48.5 Å². The Morgan fingerprint density at radius 3 is 2.28 bits per heavy atom. The molecule has 1 N–H and O–H groups in total. The Kier molecular flexibility index (Phi) is 6.09. The lowest BCUT2D eigenvalue weighted by Crippen LogP contribution is -2.21. The lowest BCUT2D eigenvalue weighted by atomic mass is 10.2. The molecular weight excluding hydrogens is 388 g/mol. The van der Waals surface area contributed by atoms with Crippen LogP contribution in [-0.2, 0) is 9.53 Å². The molecule has 0 aliphatic carbocycles. The topological polar surface area (TPSA) is 60.3 Å². The van der Waals surface area contributed by atoms with Crippen LogP contribution >= 0.6 is 11.6 Å². The highest BCUT2D eigenvalue weighted by atomic mass is 35.5. The molecule has 0 unspecified atom stereocenters. The maximum Gasteiger partial charge on any atom is 0.340 e. The first-order valence-corrected chi connectivity index (χ1v) is 9.63. The van der Waals surface area contributed by atoms with E-state index in [1.54, 1.807) is 18.2 Å². The number of carbonyl (C=O) groups excluding carboxylic acids is 2. The molecule has 1 heterocycles. The lowest BCUT2D eigenvalue weighted by molar-refractivity contribution is -0.119. The highest BCUT2D eigenvalue weighted by Crippen LogP contribution is 2.23. The van der Waals surface area contributed by atoms with E-state index in [1.165, 1.54) is 0 Å². The number of nitrogens with zero attached hydrogens (tertiary/aromatic N) is 1. The van der Waals surface area contributed by atoms with E-state index in [9.17, 15) is 9.59 Å². The van der Waals surface area contributed by atoms with Crippen molar-refractivity contribution in [3.8, 4) is 5.69 Å². The van der Waals surface area contributed by atoms with Gasteiger partial charge in [0.1, 0.15) is 0 Å².